The van der Waals surface area contributed by atoms with Crippen LogP contribution < -0.4 is 9.47 Å². The normalized spacial score (nSPS) is 13.4. The molecule has 2 atom stereocenters. The Labute approximate surface area is 290 Å². The Morgan fingerprint density at radius 1 is 0.562 bits per heavy atom. The molecule has 3 rings (SSSR count). The number of esters is 2. The van der Waals surface area contributed by atoms with Gasteiger partial charge in [0.1, 0.15) is 22.7 Å². The van der Waals surface area contributed by atoms with Crippen LogP contribution in [0.4, 0.5) is 0 Å². The second-order valence-electron chi connectivity index (χ2n) is 15.1. The first-order chi connectivity index (χ1) is 22.8. The van der Waals surface area contributed by atoms with E-state index in [0.717, 1.165) is 84.9 Å². The maximum absolute atomic E-state index is 13.6. The molecule has 2 unspecified atom stereocenters. The third-order valence-electron chi connectivity index (χ3n) is 8.40. The van der Waals surface area contributed by atoms with Crippen LogP contribution in [0.5, 0.6) is 11.5 Å². The lowest BCUT2D eigenvalue weighted by molar-refractivity contribution is -0.164. The number of hydrogen-bond donors (Lipinski definition) is 0. The van der Waals surface area contributed by atoms with E-state index < -0.39 is 23.4 Å². The molecule has 0 saturated heterocycles. The molecule has 0 fully saturated rings. The topological polar surface area (TPSA) is 71.1 Å². The van der Waals surface area contributed by atoms with Crippen molar-refractivity contribution in [2.24, 2.45) is 0 Å². The lowest BCUT2D eigenvalue weighted by Crippen LogP contribution is -2.36. The van der Waals surface area contributed by atoms with Crippen molar-refractivity contribution in [1.82, 2.24) is 0 Å². The van der Waals surface area contributed by atoms with Crippen LogP contribution in [0.1, 0.15) is 145 Å². The highest BCUT2D eigenvalue weighted by atomic mass is 16.6. The molecule has 0 spiro atoms. The van der Waals surface area contributed by atoms with Crippen LogP contribution in [0.25, 0.3) is 21.5 Å². The van der Waals surface area contributed by atoms with Crippen molar-refractivity contribution in [3.63, 3.8) is 0 Å². The first-order valence-electron chi connectivity index (χ1n) is 18.5. The Morgan fingerprint density at radius 2 is 0.979 bits per heavy atom. The van der Waals surface area contributed by atoms with Crippen LogP contribution in [0.15, 0.2) is 42.5 Å². The standard InChI is InChI=1S/C42H62O6/c1-10-13-15-17-19-25-35(39(43)47-41(4,5)6)45-37-31-23-21-22-24-32(31)38(34-29-30(12-3)27-28-33(34)37)46-36(26-20-18-16-14-11-2)40(44)48-42(7,8)9/h21-24,27-29,35-36H,10-20,25-26H2,1-9H3. The minimum absolute atomic E-state index is 0.352. The SMILES string of the molecule is CCCCCCCC(Oc1c2ccccc2c(OC(CCCCCCC)C(=O)OC(C)(C)C)c2cc(CC)ccc12)C(=O)OC(C)(C)C. The Balaban J connectivity index is 2.14. The predicted molar refractivity (Wildman–Crippen MR) is 198 cm³/mol. The molecule has 6 heteroatoms. The molecule has 0 amide bonds. The Bertz CT molecular complexity index is 1460. The predicted octanol–water partition coefficient (Wildman–Crippen LogP) is 11.5. The lowest BCUT2D eigenvalue weighted by Gasteiger charge is -2.27. The number of fused-ring (bicyclic) bond motifs is 2. The largest absolute Gasteiger partial charge is 0.477 e. The van der Waals surface area contributed by atoms with Crippen molar-refractivity contribution >= 4 is 33.5 Å². The van der Waals surface area contributed by atoms with Crippen molar-refractivity contribution in [1.29, 1.82) is 0 Å². The molecule has 6 nitrogen and oxygen atoms in total. The van der Waals surface area contributed by atoms with Crippen LogP contribution >= 0.6 is 0 Å². The van der Waals surface area contributed by atoms with Crippen LogP contribution in [0.3, 0.4) is 0 Å². The van der Waals surface area contributed by atoms with Crippen molar-refractivity contribution < 1.29 is 28.5 Å². The smallest absolute Gasteiger partial charge is 0.347 e. The maximum Gasteiger partial charge on any atom is 0.347 e. The van der Waals surface area contributed by atoms with Crippen molar-refractivity contribution in [2.75, 3.05) is 0 Å². The molecular weight excluding hydrogens is 600 g/mol. The molecule has 0 N–H and O–H groups in total. The van der Waals surface area contributed by atoms with Gasteiger partial charge in [-0.25, -0.2) is 9.59 Å². The van der Waals surface area contributed by atoms with Crippen LogP contribution in [0.2, 0.25) is 0 Å². The van der Waals surface area contributed by atoms with Gasteiger partial charge in [-0.15, -0.1) is 0 Å². The van der Waals surface area contributed by atoms with E-state index in [4.69, 9.17) is 18.9 Å². The summed E-state index contributed by atoms with van der Waals surface area (Å²) in [6.45, 7) is 17.8. The summed E-state index contributed by atoms with van der Waals surface area (Å²) in [6, 6.07) is 14.2. The second-order valence-corrected chi connectivity index (χ2v) is 15.1. The number of benzene rings is 3. The summed E-state index contributed by atoms with van der Waals surface area (Å²) in [5, 5.41) is 3.35. The zero-order valence-corrected chi connectivity index (χ0v) is 31.3. The molecule has 266 valence electrons. The summed E-state index contributed by atoms with van der Waals surface area (Å²) in [5.74, 6) is 0.568. The van der Waals surface area contributed by atoms with Crippen molar-refractivity contribution in [3.05, 3.63) is 48.0 Å². The monoisotopic (exact) mass is 662 g/mol. The second kappa shape index (κ2) is 18.5. The summed E-state index contributed by atoms with van der Waals surface area (Å²) >= 11 is 0. The fourth-order valence-corrected chi connectivity index (χ4v) is 5.96. The van der Waals surface area contributed by atoms with Gasteiger partial charge in [0.2, 0.25) is 0 Å². The van der Waals surface area contributed by atoms with Gasteiger partial charge in [0.25, 0.3) is 0 Å². The van der Waals surface area contributed by atoms with Gasteiger partial charge in [-0.05, 0) is 85.3 Å². The van der Waals surface area contributed by atoms with E-state index in [0.29, 0.717) is 24.3 Å². The average Bonchev–Trinajstić information content (AvgIpc) is 3.02. The summed E-state index contributed by atoms with van der Waals surface area (Å²) in [5.41, 5.74) is -0.126. The number of aryl methyl sites for hydroxylation is 1. The van der Waals surface area contributed by atoms with Crippen molar-refractivity contribution in [2.45, 2.75) is 169 Å². The fraction of sp³-hybridized carbons (Fsp3) is 0.619. The summed E-state index contributed by atoms with van der Waals surface area (Å²) in [7, 11) is 0. The molecule has 3 aromatic carbocycles. The van der Waals surface area contributed by atoms with Gasteiger partial charge in [-0.3, -0.25) is 0 Å². The minimum Gasteiger partial charge on any atom is -0.477 e. The Kier molecular flexibility index (Phi) is 15.1. The number of carbonyl (C=O) groups is 2. The van der Waals surface area contributed by atoms with Gasteiger partial charge in [0.15, 0.2) is 12.2 Å². The first kappa shape index (κ1) is 39.2. The zero-order valence-electron chi connectivity index (χ0n) is 31.3. The number of carbonyl (C=O) groups excluding carboxylic acids is 2. The van der Waals surface area contributed by atoms with Crippen LogP contribution in [0, 0.1) is 0 Å². The van der Waals surface area contributed by atoms with Crippen molar-refractivity contribution in [3.8, 4) is 11.5 Å². The Hall–Kier alpha value is -3.28. The van der Waals surface area contributed by atoms with Crippen LogP contribution in [-0.2, 0) is 25.5 Å². The van der Waals surface area contributed by atoms with Gasteiger partial charge >= 0.3 is 11.9 Å². The molecule has 0 aliphatic rings. The molecule has 0 saturated carbocycles. The molecule has 0 aliphatic heterocycles. The quantitative estimate of drug-likeness (QED) is 0.0722. The van der Waals surface area contributed by atoms with Crippen LogP contribution in [-0.4, -0.2) is 35.3 Å². The zero-order chi connectivity index (χ0) is 35.3. The molecule has 0 aliphatic carbocycles. The highest BCUT2D eigenvalue weighted by Gasteiger charge is 2.31. The highest BCUT2D eigenvalue weighted by Crippen LogP contribution is 2.44. The highest BCUT2D eigenvalue weighted by molar-refractivity contribution is 6.11. The molecule has 3 aromatic rings. The number of unbranched alkanes of at least 4 members (excludes halogenated alkanes) is 8. The van der Waals surface area contributed by atoms with E-state index >= 15 is 0 Å². The van der Waals surface area contributed by atoms with E-state index in [1.165, 1.54) is 12.8 Å². The van der Waals surface area contributed by atoms with E-state index in [9.17, 15) is 9.59 Å². The maximum atomic E-state index is 13.6. The number of rotatable bonds is 19. The number of ether oxygens (including phenoxy) is 4. The van der Waals surface area contributed by atoms with Gasteiger partial charge in [-0.1, -0.05) is 109 Å². The fourth-order valence-electron chi connectivity index (χ4n) is 5.96. The number of hydrogen-bond acceptors (Lipinski definition) is 6. The summed E-state index contributed by atoms with van der Waals surface area (Å²) in [4.78, 5) is 27.2. The van der Waals surface area contributed by atoms with E-state index in [1.54, 1.807) is 0 Å². The van der Waals surface area contributed by atoms with E-state index in [2.05, 4.69) is 39.0 Å². The first-order valence-corrected chi connectivity index (χ1v) is 18.5. The molecular formula is C42H62O6. The lowest BCUT2D eigenvalue weighted by atomic mass is 9.97. The third-order valence-corrected chi connectivity index (χ3v) is 8.40. The van der Waals surface area contributed by atoms with E-state index in [1.807, 2.05) is 65.8 Å². The van der Waals surface area contributed by atoms with Gasteiger partial charge in [0.05, 0.1) is 0 Å². The van der Waals surface area contributed by atoms with E-state index in [-0.39, 0.29) is 11.9 Å². The Morgan fingerprint density at radius 3 is 1.40 bits per heavy atom. The molecule has 0 bridgehead atoms. The molecule has 0 aromatic heterocycles. The third kappa shape index (κ3) is 12.0. The summed E-state index contributed by atoms with van der Waals surface area (Å²) in [6.07, 6.45) is 11.2. The van der Waals surface area contributed by atoms with Gasteiger partial charge in [-0.2, -0.15) is 0 Å². The minimum atomic E-state index is -0.757. The average molecular weight is 663 g/mol. The van der Waals surface area contributed by atoms with Gasteiger partial charge < -0.3 is 18.9 Å². The summed E-state index contributed by atoms with van der Waals surface area (Å²) < 4.78 is 25.4. The molecule has 0 radical (unpaired) electrons. The molecule has 0 heterocycles. The molecule has 48 heavy (non-hydrogen) atoms. The van der Waals surface area contributed by atoms with Gasteiger partial charge in [0, 0.05) is 21.5 Å².